The quantitative estimate of drug-likeness (QED) is 0.530. The van der Waals surface area contributed by atoms with Gasteiger partial charge in [-0.3, -0.25) is 10.1 Å². The fourth-order valence-electron chi connectivity index (χ4n) is 1.61. The number of nitrogens with two attached hydrogens (primary N) is 1. The maximum absolute atomic E-state index is 13.3. The molecule has 0 spiro atoms. The molecule has 0 unspecified atom stereocenters. The number of nitrogens with zero attached hydrogens (tertiary/aromatic N) is 1. The standard InChI is InChI=1S/C13H10F2N2O3/c14-9-2-1-3-10(15)13(9)20-7-8-4-5-11(16)12(6-8)17(18)19/h1-6H,7,16H2. The lowest BCUT2D eigenvalue weighted by Crippen LogP contribution is -2.02. The molecule has 0 radical (unpaired) electrons. The van der Waals surface area contributed by atoms with E-state index in [0.29, 0.717) is 5.56 Å². The van der Waals surface area contributed by atoms with Crippen LogP contribution in [-0.2, 0) is 6.61 Å². The summed E-state index contributed by atoms with van der Waals surface area (Å²) in [6.07, 6.45) is 0. The molecule has 0 aliphatic carbocycles. The Kier molecular flexibility index (Phi) is 3.79. The lowest BCUT2D eigenvalue weighted by Gasteiger charge is -2.08. The second kappa shape index (κ2) is 5.52. The summed E-state index contributed by atoms with van der Waals surface area (Å²) in [4.78, 5) is 10.1. The Balaban J connectivity index is 2.19. The molecule has 7 heteroatoms. The average molecular weight is 280 g/mol. The molecule has 5 nitrogen and oxygen atoms in total. The van der Waals surface area contributed by atoms with Crippen molar-refractivity contribution in [3.05, 3.63) is 63.7 Å². The first-order valence-electron chi connectivity index (χ1n) is 5.58. The number of nitro benzene ring substituents is 1. The largest absolute Gasteiger partial charge is 0.483 e. The van der Waals surface area contributed by atoms with Crippen molar-refractivity contribution in [2.45, 2.75) is 6.61 Å². The van der Waals surface area contributed by atoms with E-state index in [-0.39, 0.29) is 18.0 Å². The number of nitrogen functional groups attached to an aromatic ring is 1. The van der Waals surface area contributed by atoms with Crippen LogP contribution in [0.15, 0.2) is 36.4 Å². The molecule has 104 valence electrons. The minimum absolute atomic E-state index is 0.0100. The van der Waals surface area contributed by atoms with Crippen LogP contribution in [0.25, 0.3) is 0 Å². The van der Waals surface area contributed by atoms with E-state index in [1.807, 2.05) is 0 Å². The molecule has 0 saturated heterocycles. The Morgan fingerprint density at radius 2 is 1.85 bits per heavy atom. The molecule has 2 rings (SSSR count). The van der Waals surface area contributed by atoms with Crippen LogP contribution < -0.4 is 10.5 Å². The molecule has 0 heterocycles. The number of hydrogen-bond acceptors (Lipinski definition) is 4. The van der Waals surface area contributed by atoms with Gasteiger partial charge in [0.15, 0.2) is 17.4 Å². The van der Waals surface area contributed by atoms with Crippen molar-refractivity contribution in [2.75, 3.05) is 5.73 Å². The van der Waals surface area contributed by atoms with Crippen LogP contribution in [0.5, 0.6) is 5.75 Å². The van der Waals surface area contributed by atoms with Gasteiger partial charge in [-0.25, -0.2) is 8.78 Å². The normalized spacial score (nSPS) is 10.3. The van der Waals surface area contributed by atoms with Gasteiger partial charge in [-0.2, -0.15) is 0 Å². The summed E-state index contributed by atoms with van der Waals surface area (Å²) >= 11 is 0. The number of halogens is 2. The summed E-state index contributed by atoms with van der Waals surface area (Å²) in [5.41, 5.74) is 5.56. The number of rotatable bonds is 4. The van der Waals surface area contributed by atoms with Gasteiger partial charge in [0.05, 0.1) is 4.92 Å². The van der Waals surface area contributed by atoms with Crippen LogP contribution in [0.4, 0.5) is 20.2 Å². The van der Waals surface area contributed by atoms with Gasteiger partial charge in [0, 0.05) is 6.07 Å². The molecule has 0 saturated carbocycles. The molecule has 2 aromatic carbocycles. The maximum Gasteiger partial charge on any atom is 0.292 e. The summed E-state index contributed by atoms with van der Waals surface area (Å²) in [7, 11) is 0. The highest BCUT2D eigenvalue weighted by Gasteiger charge is 2.14. The van der Waals surface area contributed by atoms with Gasteiger partial charge in [0.1, 0.15) is 12.3 Å². The molecule has 0 bridgehead atoms. The summed E-state index contributed by atoms with van der Waals surface area (Å²) < 4.78 is 31.7. The molecular formula is C13H10F2N2O3. The van der Waals surface area contributed by atoms with Crippen molar-refractivity contribution in [3.8, 4) is 5.75 Å². The van der Waals surface area contributed by atoms with Crippen molar-refractivity contribution in [1.29, 1.82) is 0 Å². The average Bonchev–Trinajstić information content (AvgIpc) is 2.39. The van der Waals surface area contributed by atoms with Crippen LogP contribution in [0, 0.1) is 21.7 Å². The Hall–Kier alpha value is -2.70. The van der Waals surface area contributed by atoms with Gasteiger partial charge in [-0.1, -0.05) is 12.1 Å². The van der Waals surface area contributed by atoms with Crippen LogP contribution in [0.2, 0.25) is 0 Å². The third-order valence-corrected chi connectivity index (χ3v) is 2.59. The second-order valence-corrected chi connectivity index (χ2v) is 3.99. The van der Waals surface area contributed by atoms with Gasteiger partial charge in [-0.05, 0) is 23.8 Å². The first-order chi connectivity index (χ1) is 9.49. The number of para-hydroxylation sites is 1. The summed E-state index contributed by atoms with van der Waals surface area (Å²) in [6, 6.07) is 7.36. The Labute approximate surface area is 112 Å². The number of benzene rings is 2. The lowest BCUT2D eigenvalue weighted by atomic mass is 10.2. The minimum Gasteiger partial charge on any atom is -0.483 e. The fraction of sp³-hybridized carbons (Fsp3) is 0.0769. The zero-order valence-electron chi connectivity index (χ0n) is 10.2. The van der Waals surface area contributed by atoms with Gasteiger partial charge in [0.2, 0.25) is 0 Å². The Morgan fingerprint density at radius 3 is 2.45 bits per heavy atom. The zero-order chi connectivity index (χ0) is 14.7. The number of hydrogen-bond donors (Lipinski definition) is 1. The fourth-order valence-corrected chi connectivity index (χ4v) is 1.61. The van der Waals surface area contributed by atoms with Crippen LogP contribution >= 0.6 is 0 Å². The third kappa shape index (κ3) is 2.82. The van der Waals surface area contributed by atoms with Crippen LogP contribution in [0.1, 0.15) is 5.56 Å². The minimum atomic E-state index is -0.838. The molecule has 2 N–H and O–H groups in total. The Bertz CT molecular complexity index is 642. The number of nitro groups is 1. The van der Waals surface area contributed by atoms with E-state index in [9.17, 15) is 18.9 Å². The predicted octanol–water partition coefficient (Wildman–Crippen LogP) is 3.03. The first kappa shape index (κ1) is 13.7. The molecule has 0 aromatic heterocycles. The monoisotopic (exact) mass is 280 g/mol. The summed E-state index contributed by atoms with van der Waals surface area (Å²) in [5, 5.41) is 10.7. The van der Waals surface area contributed by atoms with Crippen LogP contribution in [-0.4, -0.2) is 4.92 Å². The van der Waals surface area contributed by atoms with E-state index in [0.717, 1.165) is 12.1 Å². The van der Waals surface area contributed by atoms with E-state index in [1.54, 1.807) is 0 Å². The molecule has 0 fully saturated rings. The zero-order valence-corrected chi connectivity index (χ0v) is 10.2. The van der Waals surface area contributed by atoms with E-state index in [1.165, 1.54) is 24.3 Å². The third-order valence-electron chi connectivity index (χ3n) is 2.59. The van der Waals surface area contributed by atoms with Crippen molar-refractivity contribution in [1.82, 2.24) is 0 Å². The Morgan fingerprint density at radius 1 is 1.20 bits per heavy atom. The number of anilines is 1. The molecule has 0 atom stereocenters. The summed E-state index contributed by atoms with van der Waals surface area (Å²) in [5.74, 6) is -2.20. The van der Waals surface area contributed by atoms with Gasteiger partial charge in [0.25, 0.3) is 5.69 Å². The van der Waals surface area contributed by atoms with E-state index in [4.69, 9.17) is 10.5 Å². The SMILES string of the molecule is Nc1ccc(COc2c(F)cccc2F)cc1[N+](=O)[O-]. The highest BCUT2D eigenvalue weighted by molar-refractivity contribution is 5.59. The van der Waals surface area contributed by atoms with Gasteiger partial charge >= 0.3 is 0 Å². The van der Waals surface area contributed by atoms with E-state index < -0.39 is 22.3 Å². The van der Waals surface area contributed by atoms with Crippen LogP contribution in [0.3, 0.4) is 0 Å². The molecule has 0 aliphatic rings. The van der Waals surface area contributed by atoms with E-state index in [2.05, 4.69) is 0 Å². The second-order valence-electron chi connectivity index (χ2n) is 3.99. The first-order valence-corrected chi connectivity index (χ1v) is 5.58. The van der Waals surface area contributed by atoms with Crippen molar-refractivity contribution >= 4 is 11.4 Å². The van der Waals surface area contributed by atoms with Crippen molar-refractivity contribution in [2.24, 2.45) is 0 Å². The molecular weight excluding hydrogens is 270 g/mol. The smallest absolute Gasteiger partial charge is 0.292 e. The van der Waals surface area contributed by atoms with E-state index >= 15 is 0 Å². The van der Waals surface area contributed by atoms with Gasteiger partial charge < -0.3 is 10.5 Å². The molecule has 0 amide bonds. The molecule has 20 heavy (non-hydrogen) atoms. The summed E-state index contributed by atoms with van der Waals surface area (Å²) in [6.45, 7) is -0.209. The molecule has 0 aliphatic heterocycles. The lowest BCUT2D eigenvalue weighted by molar-refractivity contribution is -0.384. The van der Waals surface area contributed by atoms with Crippen molar-refractivity contribution < 1.29 is 18.4 Å². The highest BCUT2D eigenvalue weighted by atomic mass is 19.1. The predicted molar refractivity (Wildman–Crippen MR) is 68.2 cm³/mol. The highest BCUT2D eigenvalue weighted by Crippen LogP contribution is 2.25. The van der Waals surface area contributed by atoms with Gasteiger partial charge in [-0.15, -0.1) is 0 Å². The maximum atomic E-state index is 13.3. The topological polar surface area (TPSA) is 78.4 Å². The van der Waals surface area contributed by atoms with Crippen molar-refractivity contribution in [3.63, 3.8) is 0 Å². The molecule has 2 aromatic rings. The number of ether oxygens (including phenoxy) is 1.